The summed E-state index contributed by atoms with van der Waals surface area (Å²) in [5.41, 5.74) is 15.1. The van der Waals surface area contributed by atoms with Gasteiger partial charge in [-0.25, -0.2) is 15.0 Å². The van der Waals surface area contributed by atoms with E-state index in [1.807, 2.05) is 18.4 Å². The Labute approximate surface area is 313 Å². The van der Waals surface area contributed by atoms with E-state index in [9.17, 15) is 0 Å². The van der Waals surface area contributed by atoms with Gasteiger partial charge in [-0.1, -0.05) is 176 Å². The summed E-state index contributed by atoms with van der Waals surface area (Å²) >= 11 is 0. The smallest absolute Gasteiger partial charge is 0.164 e. The SMILES string of the molecule is c1ccc(-c2ccc(-c3nc(-c4ccc(-c5ccccc5)cc4)nc(-c4cccc5c4-c4ccccc4C54c5ccccc5-c5ccoc54)n3)cc2)cc1. The Kier molecular flexibility index (Phi) is 6.73. The number of aromatic nitrogens is 3. The van der Waals surface area contributed by atoms with Crippen molar-refractivity contribution in [2.45, 2.75) is 5.41 Å². The van der Waals surface area contributed by atoms with Crippen LogP contribution in [0.3, 0.4) is 0 Å². The van der Waals surface area contributed by atoms with Gasteiger partial charge in [-0.05, 0) is 61.7 Å². The standard InChI is InChI=1S/C50H31N3O/c1-3-12-32(13-4-1)34-22-26-36(27-23-34)47-51-48(37-28-24-35(25-29-37)33-14-5-2-6-15-33)53-49(52-47)41-18-11-21-44-45(41)40-17-8-10-20-43(40)50(44)42-19-9-7-16-38(42)39-30-31-54-46(39)50/h1-31H. The molecule has 1 unspecified atom stereocenters. The van der Waals surface area contributed by atoms with E-state index in [-0.39, 0.29) is 0 Å². The van der Waals surface area contributed by atoms with Crippen LogP contribution < -0.4 is 0 Å². The summed E-state index contributed by atoms with van der Waals surface area (Å²) < 4.78 is 6.45. The number of furan rings is 1. The van der Waals surface area contributed by atoms with Crippen molar-refractivity contribution in [3.05, 3.63) is 211 Å². The van der Waals surface area contributed by atoms with E-state index in [4.69, 9.17) is 19.4 Å². The first kappa shape index (κ1) is 30.5. The minimum atomic E-state index is -0.587. The third-order valence-corrected chi connectivity index (χ3v) is 11.1. The van der Waals surface area contributed by atoms with Crippen molar-refractivity contribution in [1.29, 1.82) is 0 Å². The molecule has 54 heavy (non-hydrogen) atoms. The van der Waals surface area contributed by atoms with Crippen LogP contribution in [0.1, 0.15) is 22.5 Å². The van der Waals surface area contributed by atoms with Crippen molar-refractivity contribution in [3.8, 4) is 78.7 Å². The lowest BCUT2D eigenvalue weighted by molar-refractivity contribution is 0.474. The van der Waals surface area contributed by atoms with Gasteiger partial charge in [0.25, 0.3) is 0 Å². The maximum Gasteiger partial charge on any atom is 0.164 e. The Hall–Kier alpha value is -7.17. The van der Waals surface area contributed by atoms with Gasteiger partial charge in [-0.15, -0.1) is 0 Å². The highest BCUT2D eigenvalue weighted by molar-refractivity contribution is 5.98. The summed E-state index contributed by atoms with van der Waals surface area (Å²) in [6.07, 6.45) is 1.82. The summed E-state index contributed by atoms with van der Waals surface area (Å²) in [4.78, 5) is 15.7. The molecule has 0 fully saturated rings. The molecule has 252 valence electrons. The van der Waals surface area contributed by atoms with Crippen molar-refractivity contribution >= 4 is 0 Å². The molecule has 1 spiro atoms. The Morgan fingerprint density at radius 3 is 1.37 bits per heavy atom. The second kappa shape index (κ2) is 11.9. The lowest BCUT2D eigenvalue weighted by atomic mass is 9.73. The average Bonchev–Trinajstić information content (AvgIpc) is 3.94. The fourth-order valence-electron chi connectivity index (χ4n) is 8.67. The molecule has 4 heteroatoms. The van der Waals surface area contributed by atoms with Crippen molar-refractivity contribution in [1.82, 2.24) is 15.0 Å². The first-order valence-corrected chi connectivity index (χ1v) is 18.3. The van der Waals surface area contributed by atoms with E-state index >= 15 is 0 Å². The molecule has 0 saturated carbocycles. The molecule has 2 aromatic heterocycles. The van der Waals surface area contributed by atoms with Gasteiger partial charge in [0.2, 0.25) is 0 Å². The van der Waals surface area contributed by atoms with Crippen molar-refractivity contribution in [2.75, 3.05) is 0 Å². The zero-order valence-corrected chi connectivity index (χ0v) is 29.1. The Balaban J connectivity index is 1.12. The third kappa shape index (κ3) is 4.47. The molecule has 0 N–H and O–H groups in total. The quantitative estimate of drug-likeness (QED) is 0.180. The second-order valence-electron chi connectivity index (χ2n) is 13.9. The Bertz CT molecular complexity index is 2760. The maximum atomic E-state index is 6.45. The minimum Gasteiger partial charge on any atom is -0.467 e. The van der Waals surface area contributed by atoms with E-state index in [1.165, 1.54) is 33.4 Å². The number of nitrogens with zero attached hydrogens (tertiary/aromatic N) is 3. The molecule has 2 heterocycles. The predicted molar refractivity (Wildman–Crippen MR) is 216 cm³/mol. The molecule has 4 nitrogen and oxygen atoms in total. The number of fused-ring (bicyclic) bond motifs is 10. The third-order valence-electron chi connectivity index (χ3n) is 11.1. The van der Waals surface area contributed by atoms with Gasteiger partial charge in [0.1, 0.15) is 11.2 Å². The fourth-order valence-corrected chi connectivity index (χ4v) is 8.67. The van der Waals surface area contributed by atoms with E-state index < -0.39 is 5.41 Å². The van der Waals surface area contributed by atoms with E-state index in [1.54, 1.807) is 0 Å². The number of hydrogen-bond acceptors (Lipinski definition) is 4. The molecule has 0 aliphatic heterocycles. The molecule has 0 radical (unpaired) electrons. The van der Waals surface area contributed by atoms with Crippen LogP contribution in [-0.4, -0.2) is 15.0 Å². The largest absolute Gasteiger partial charge is 0.467 e. The lowest BCUT2D eigenvalue weighted by Gasteiger charge is -2.28. The van der Waals surface area contributed by atoms with Gasteiger partial charge in [-0.2, -0.15) is 0 Å². The van der Waals surface area contributed by atoms with Crippen LogP contribution in [0.2, 0.25) is 0 Å². The summed E-state index contributed by atoms with van der Waals surface area (Å²) in [5.74, 6) is 2.84. The molecule has 7 aromatic carbocycles. The molecule has 2 aliphatic carbocycles. The van der Waals surface area contributed by atoms with Gasteiger partial charge in [0.05, 0.1) is 6.26 Å². The van der Waals surface area contributed by atoms with Crippen LogP contribution in [0.5, 0.6) is 0 Å². The second-order valence-corrected chi connectivity index (χ2v) is 13.9. The van der Waals surface area contributed by atoms with Crippen LogP contribution >= 0.6 is 0 Å². The highest BCUT2D eigenvalue weighted by Gasteiger charge is 2.54. The zero-order chi connectivity index (χ0) is 35.6. The number of rotatable bonds is 5. The molecule has 0 bridgehead atoms. The molecule has 11 rings (SSSR count). The molecule has 9 aromatic rings. The predicted octanol–water partition coefficient (Wildman–Crippen LogP) is 12.1. The van der Waals surface area contributed by atoms with Crippen LogP contribution in [0.15, 0.2) is 193 Å². The number of hydrogen-bond donors (Lipinski definition) is 0. The first-order chi connectivity index (χ1) is 26.8. The van der Waals surface area contributed by atoms with Crippen LogP contribution in [-0.2, 0) is 5.41 Å². The number of benzene rings is 7. The topological polar surface area (TPSA) is 51.8 Å². The van der Waals surface area contributed by atoms with Gasteiger partial charge in [0, 0.05) is 22.3 Å². The molecular formula is C50H31N3O. The fraction of sp³-hybridized carbons (Fsp3) is 0.0200. The lowest BCUT2D eigenvalue weighted by Crippen LogP contribution is -2.25. The summed E-state index contributed by atoms with van der Waals surface area (Å²) in [7, 11) is 0. The molecular weight excluding hydrogens is 659 g/mol. The van der Waals surface area contributed by atoms with E-state index in [0.29, 0.717) is 17.5 Å². The zero-order valence-electron chi connectivity index (χ0n) is 29.1. The van der Waals surface area contributed by atoms with Crippen LogP contribution in [0.4, 0.5) is 0 Å². The van der Waals surface area contributed by atoms with Crippen molar-refractivity contribution < 1.29 is 4.42 Å². The van der Waals surface area contributed by atoms with E-state index in [2.05, 4.69) is 170 Å². The molecule has 0 saturated heterocycles. The van der Waals surface area contributed by atoms with Crippen molar-refractivity contribution in [2.24, 2.45) is 0 Å². The Morgan fingerprint density at radius 1 is 0.315 bits per heavy atom. The highest BCUT2D eigenvalue weighted by Crippen LogP contribution is 2.64. The molecule has 0 amide bonds. The first-order valence-electron chi connectivity index (χ1n) is 18.3. The van der Waals surface area contributed by atoms with Crippen molar-refractivity contribution in [3.63, 3.8) is 0 Å². The monoisotopic (exact) mass is 689 g/mol. The minimum absolute atomic E-state index is 0.587. The van der Waals surface area contributed by atoms with Crippen LogP contribution in [0, 0.1) is 0 Å². The summed E-state index contributed by atoms with van der Waals surface area (Å²) in [5, 5.41) is 0. The average molecular weight is 690 g/mol. The summed E-state index contributed by atoms with van der Waals surface area (Å²) in [6, 6.07) is 63.9. The van der Waals surface area contributed by atoms with Gasteiger partial charge in [-0.3, -0.25) is 0 Å². The normalized spacial score (nSPS) is 14.7. The van der Waals surface area contributed by atoms with Gasteiger partial charge < -0.3 is 4.42 Å². The van der Waals surface area contributed by atoms with Crippen LogP contribution in [0.25, 0.3) is 78.7 Å². The van der Waals surface area contributed by atoms with E-state index in [0.717, 1.165) is 50.3 Å². The Morgan fingerprint density at radius 2 is 0.759 bits per heavy atom. The molecule has 1 atom stereocenters. The highest BCUT2D eigenvalue weighted by atomic mass is 16.3. The maximum absolute atomic E-state index is 6.45. The van der Waals surface area contributed by atoms with Gasteiger partial charge in [0.15, 0.2) is 17.5 Å². The molecule has 2 aliphatic rings. The summed E-state index contributed by atoms with van der Waals surface area (Å²) in [6.45, 7) is 0. The van der Waals surface area contributed by atoms with Gasteiger partial charge >= 0.3 is 0 Å².